The molecule has 0 unspecified atom stereocenters. The van der Waals surface area contributed by atoms with Gasteiger partial charge in [-0.2, -0.15) is 0 Å². The number of rotatable bonds is 2. The van der Waals surface area contributed by atoms with Crippen LogP contribution in [0.5, 0.6) is 0 Å². The van der Waals surface area contributed by atoms with Gasteiger partial charge in [0, 0.05) is 18.1 Å². The second-order valence-corrected chi connectivity index (χ2v) is 2.81. The summed E-state index contributed by atoms with van der Waals surface area (Å²) in [4.78, 5) is 7.56. The number of nitrogens with zero attached hydrogens (tertiary/aromatic N) is 3. The Labute approximate surface area is 76.5 Å². The normalized spacial score (nSPS) is 10.1. The van der Waals surface area contributed by atoms with E-state index in [0.29, 0.717) is 6.54 Å². The maximum absolute atomic E-state index is 6.71. The largest absolute Gasteiger partial charge is 0.317 e. The molecule has 0 bridgehead atoms. The molecule has 2 heterocycles. The summed E-state index contributed by atoms with van der Waals surface area (Å²) in [6.07, 6.45) is 4.58. The van der Waals surface area contributed by atoms with E-state index in [1.165, 1.54) is 0 Å². The molecule has 0 radical (unpaired) electrons. The zero-order chi connectivity index (χ0) is 9.10. The third-order valence-electron chi connectivity index (χ3n) is 1.97. The molecular weight excluding hydrogens is 162 g/mol. The van der Waals surface area contributed by atoms with Gasteiger partial charge >= 0.3 is 0 Å². The third kappa shape index (κ3) is 1.38. The van der Waals surface area contributed by atoms with Gasteiger partial charge in [-0.25, -0.2) is 11.6 Å². The number of imidazole rings is 1. The molecule has 2 rings (SSSR count). The Morgan fingerprint density at radius 1 is 1.46 bits per heavy atom. The van der Waals surface area contributed by atoms with Gasteiger partial charge in [0.05, 0.1) is 6.42 Å². The second kappa shape index (κ2) is 3.28. The molecule has 0 aliphatic heterocycles. The van der Waals surface area contributed by atoms with Crippen LogP contribution >= 0.6 is 0 Å². The molecule has 0 atom stereocenters. The summed E-state index contributed by atoms with van der Waals surface area (Å²) in [6, 6.07) is 5.89. The Bertz CT molecular complexity index is 450. The Morgan fingerprint density at radius 3 is 3.23 bits per heavy atom. The third-order valence-corrected chi connectivity index (χ3v) is 1.97. The Morgan fingerprint density at radius 2 is 2.38 bits per heavy atom. The highest BCUT2D eigenvalue weighted by molar-refractivity contribution is 5.39. The van der Waals surface area contributed by atoms with Crippen molar-refractivity contribution in [1.82, 2.24) is 9.38 Å². The van der Waals surface area contributed by atoms with Crippen molar-refractivity contribution in [3.63, 3.8) is 0 Å². The van der Waals surface area contributed by atoms with Crippen LogP contribution in [0.4, 0.5) is 0 Å². The van der Waals surface area contributed by atoms with Crippen LogP contribution in [0.3, 0.4) is 0 Å². The minimum absolute atomic E-state index is 0.530. The van der Waals surface area contributed by atoms with Crippen molar-refractivity contribution in [3.8, 4) is 0 Å². The second-order valence-electron chi connectivity index (χ2n) is 2.81. The Balaban J connectivity index is 2.41. The molecule has 64 valence electrons. The first-order chi connectivity index (χ1) is 6.42. The van der Waals surface area contributed by atoms with Gasteiger partial charge in [-0.15, -0.1) is 0 Å². The highest BCUT2D eigenvalue weighted by Crippen LogP contribution is 2.06. The smallest absolute Gasteiger partial charge is 0.220 e. The summed E-state index contributed by atoms with van der Waals surface area (Å²) in [5, 5.41) is 0. The van der Waals surface area contributed by atoms with Gasteiger partial charge < -0.3 is 9.25 Å². The average Bonchev–Trinajstić information content (AvgIpc) is 2.58. The summed E-state index contributed by atoms with van der Waals surface area (Å²) in [5.41, 5.74) is 2.05. The lowest BCUT2D eigenvalue weighted by Crippen LogP contribution is -1.93. The molecule has 2 aromatic rings. The van der Waals surface area contributed by atoms with Crippen LogP contribution < -0.4 is 0 Å². The monoisotopic (exact) mass is 171 g/mol. The van der Waals surface area contributed by atoms with Crippen LogP contribution in [-0.2, 0) is 6.42 Å². The van der Waals surface area contributed by atoms with E-state index < -0.39 is 0 Å². The van der Waals surface area contributed by atoms with Crippen molar-refractivity contribution >= 4 is 5.65 Å². The number of pyridine rings is 1. The van der Waals surface area contributed by atoms with Crippen molar-refractivity contribution in [2.75, 3.05) is 6.54 Å². The molecule has 3 heteroatoms. The first kappa shape index (κ1) is 7.81. The lowest BCUT2D eigenvalue weighted by atomic mass is 10.3. The fourth-order valence-electron chi connectivity index (χ4n) is 1.34. The van der Waals surface area contributed by atoms with Crippen molar-refractivity contribution in [2.24, 2.45) is 0 Å². The van der Waals surface area contributed by atoms with Gasteiger partial charge in [0.1, 0.15) is 5.65 Å². The minimum Gasteiger partial charge on any atom is -0.317 e. The Hall–Kier alpha value is -1.82. The lowest BCUT2D eigenvalue weighted by Gasteiger charge is -1.95. The zero-order valence-electron chi connectivity index (χ0n) is 7.14. The van der Waals surface area contributed by atoms with Gasteiger partial charge in [-0.3, -0.25) is 0 Å². The molecule has 0 N–H and O–H groups in total. The van der Waals surface area contributed by atoms with Crippen molar-refractivity contribution < 1.29 is 0 Å². The number of hydrogen-bond acceptors (Lipinski definition) is 1. The fourth-order valence-corrected chi connectivity index (χ4v) is 1.34. The maximum Gasteiger partial charge on any atom is 0.220 e. The summed E-state index contributed by atoms with van der Waals surface area (Å²) in [6.45, 7) is 7.24. The first-order valence-electron chi connectivity index (χ1n) is 4.16. The van der Waals surface area contributed by atoms with Gasteiger partial charge in [0.2, 0.25) is 6.54 Å². The van der Waals surface area contributed by atoms with Gasteiger partial charge in [0.15, 0.2) is 0 Å². The molecule has 0 aromatic carbocycles. The van der Waals surface area contributed by atoms with E-state index in [2.05, 4.69) is 9.83 Å². The molecule has 0 saturated carbocycles. The van der Waals surface area contributed by atoms with Crippen LogP contribution in [0.1, 0.15) is 5.69 Å². The average molecular weight is 171 g/mol. The van der Waals surface area contributed by atoms with Crippen LogP contribution in [0.25, 0.3) is 10.5 Å². The van der Waals surface area contributed by atoms with E-state index in [1.807, 2.05) is 35.0 Å². The SMILES string of the molecule is [C-]#[N+]CCc1cnc2ccccn12. The molecule has 0 amide bonds. The fraction of sp³-hybridized carbons (Fsp3) is 0.200. The van der Waals surface area contributed by atoms with E-state index in [9.17, 15) is 0 Å². The number of fused-ring (bicyclic) bond motifs is 1. The summed E-state index contributed by atoms with van der Waals surface area (Å²) < 4.78 is 2.02. The van der Waals surface area contributed by atoms with Crippen LogP contribution in [0.15, 0.2) is 30.6 Å². The van der Waals surface area contributed by atoms with E-state index in [-0.39, 0.29) is 0 Å². The molecule has 0 aliphatic rings. The maximum atomic E-state index is 6.71. The Kier molecular flexibility index (Phi) is 1.97. The molecule has 0 aliphatic carbocycles. The zero-order valence-corrected chi connectivity index (χ0v) is 7.14. The predicted molar refractivity (Wildman–Crippen MR) is 50.4 cm³/mol. The molecule has 13 heavy (non-hydrogen) atoms. The quantitative estimate of drug-likeness (QED) is 0.631. The summed E-state index contributed by atoms with van der Waals surface area (Å²) in [5.74, 6) is 0. The van der Waals surface area contributed by atoms with Crippen molar-refractivity contribution in [3.05, 3.63) is 47.7 Å². The topological polar surface area (TPSA) is 21.7 Å². The molecule has 2 aromatic heterocycles. The van der Waals surface area contributed by atoms with Gasteiger partial charge in [-0.1, -0.05) is 6.07 Å². The first-order valence-corrected chi connectivity index (χ1v) is 4.16. The lowest BCUT2D eigenvalue weighted by molar-refractivity contribution is 0.968. The highest BCUT2D eigenvalue weighted by Gasteiger charge is 2.01. The molecular formula is C10H9N3. The van der Waals surface area contributed by atoms with Crippen molar-refractivity contribution in [1.29, 1.82) is 0 Å². The number of hydrogen-bond donors (Lipinski definition) is 0. The van der Waals surface area contributed by atoms with Gasteiger partial charge in [-0.05, 0) is 12.1 Å². The molecule has 0 saturated heterocycles. The summed E-state index contributed by atoms with van der Waals surface area (Å²) >= 11 is 0. The summed E-state index contributed by atoms with van der Waals surface area (Å²) in [7, 11) is 0. The highest BCUT2D eigenvalue weighted by atomic mass is 15.0. The van der Waals surface area contributed by atoms with Crippen LogP contribution in [0.2, 0.25) is 0 Å². The van der Waals surface area contributed by atoms with Crippen LogP contribution in [-0.4, -0.2) is 15.9 Å². The van der Waals surface area contributed by atoms with E-state index in [1.54, 1.807) is 0 Å². The molecule has 0 fully saturated rings. The molecule has 0 spiro atoms. The van der Waals surface area contributed by atoms with Gasteiger partial charge in [0.25, 0.3) is 0 Å². The predicted octanol–water partition coefficient (Wildman–Crippen LogP) is 1.80. The number of aromatic nitrogens is 2. The van der Waals surface area contributed by atoms with E-state index in [0.717, 1.165) is 17.8 Å². The van der Waals surface area contributed by atoms with E-state index >= 15 is 0 Å². The standard InChI is InChI=1S/C10H9N3/c1-11-6-5-9-8-12-10-4-2-3-7-13(9)10/h2-4,7-8H,5-6H2. The van der Waals surface area contributed by atoms with Crippen molar-refractivity contribution in [2.45, 2.75) is 6.42 Å². The van der Waals surface area contributed by atoms with Crippen LogP contribution in [0, 0.1) is 6.57 Å². The minimum atomic E-state index is 0.530. The molecule has 3 nitrogen and oxygen atoms in total. The van der Waals surface area contributed by atoms with E-state index in [4.69, 9.17) is 6.57 Å².